The van der Waals surface area contributed by atoms with Crippen LogP contribution in [0.25, 0.3) is 0 Å². The van der Waals surface area contributed by atoms with Gasteiger partial charge in [0, 0.05) is 6.42 Å². The number of anilines is 1. The van der Waals surface area contributed by atoms with Crippen molar-refractivity contribution in [1.29, 1.82) is 0 Å². The lowest BCUT2D eigenvalue weighted by molar-refractivity contribution is -0.0461. The van der Waals surface area contributed by atoms with E-state index < -0.39 is 35.8 Å². The zero-order valence-electron chi connectivity index (χ0n) is 8.78. The number of ether oxygens (including phenoxy) is 1. The Bertz CT molecular complexity index is 478. The second-order valence-corrected chi connectivity index (χ2v) is 3.78. The molecule has 2 rings (SSSR count). The van der Waals surface area contributed by atoms with E-state index in [2.05, 4.69) is 4.98 Å². The Balaban J connectivity index is 2.30. The molecule has 8 heteroatoms. The molecule has 4 N–H and O–H groups in total. The summed E-state index contributed by atoms with van der Waals surface area (Å²) >= 11 is 0. The first-order valence-electron chi connectivity index (χ1n) is 5.01. The third-order valence-electron chi connectivity index (χ3n) is 2.63. The fraction of sp³-hybridized carbons (Fsp3) is 0.556. The summed E-state index contributed by atoms with van der Waals surface area (Å²) in [6.07, 6.45) is -1.58. The number of hydrogen-bond donors (Lipinski definition) is 3. The number of rotatable bonds is 2. The Labute approximate surface area is 95.3 Å². The fourth-order valence-electron chi connectivity index (χ4n) is 1.71. The quantitative estimate of drug-likeness (QED) is 0.591. The lowest BCUT2D eigenvalue weighted by atomic mass is 10.2. The highest BCUT2D eigenvalue weighted by molar-refractivity contribution is 5.26. The molecule has 3 atom stereocenters. The average Bonchev–Trinajstić information content (AvgIpc) is 2.65. The van der Waals surface area contributed by atoms with Gasteiger partial charge in [-0.05, 0) is 0 Å². The summed E-state index contributed by atoms with van der Waals surface area (Å²) in [5.41, 5.74) is 4.38. The summed E-state index contributed by atoms with van der Waals surface area (Å²) in [4.78, 5) is 14.7. The summed E-state index contributed by atoms with van der Waals surface area (Å²) in [5, 5.41) is 18.4. The minimum absolute atomic E-state index is 0.0795. The summed E-state index contributed by atoms with van der Waals surface area (Å²) in [6, 6.07) is 0. The smallest absolute Gasteiger partial charge is 0.351 e. The van der Waals surface area contributed by atoms with Gasteiger partial charge < -0.3 is 20.7 Å². The maximum Gasteiger partial charge on any atom is 0.351 e. The normalized spacial score (nSPS) is 28.5. The van der Waals surface area contributed by atoms with E-state index in [-0.39, 0.29) is 13.0 Å². The molecule has 1 saturated heterocycles. The van der Waals surface area contributed by atoms with Crippen LogP contribution in [0.5, 0.6) is 0 Å². The number of nitrogen functional groups attached to an aromatic ring is 1. The predicted octanol–water partition coefficient (Wildman–Crippen LogP) is -1.39. The van der Waals surface area contributed by atoms with Crippen molar-refractivity contribution >= 4 is 5.82 Å². The van der Waals surface area contributed by atoms with Crippen LogP contribution < -0.4 is 11.4 Å². The highest BCUT2D eigenvalue weighted by Gasteiger charge is 2.35. The largest absolute Gasteiger partial charge is 0.394 e. The maximum atomic E-state index is 13.2. The molecular formula is C9H12FN3O4. The third kappa shape index (κ3) is 2.14. The Hall–Kier alpha value is -1.51. The van der Waals surface area contributed by atoms with Gasteiger partial charge in [-0.3, -0.25) is 4.57 Å². The molecule has 17 heavy (non-hydrogen) atoms. The van der Waals surface area contributed by atoms with Crippen molar-refractivity contribution in [2.45, 2.75) is 24.9 Å². The molecule has 0 bridgehead atoms. The molecule has 1 aliphatic rings. The van der Waals surface area contributed by atoms with Crippen LogP contribution in [0, 0.1) is 5.82 Å². The predicted molar refractivity (Wildman–Crippen MR) is 54.5 cm³/mol. The summed E-state index contributed by atoms with van der Waals surface area (Å²) in [5.74, 6) is -1.32. The molecule has 1 aromatic heterocycles. The first-order valence-corrected chi connectivity index (χ1v) is 5.01. The number of aliphatic hydroxyl groups excluding tert-OH is 2. The van der Waals surface area contributed by atoms with Crippen molar-refractivity contribution in [3.05, 3.63) is 22.5 Å². The number of aliphatic hydroxyl groups is 2. The molecular weight excluding hydrogens is 233 g/mol. The Kier molecular flexibility index (Phi) is 3.09. The van der Waals surface area contributed by atoms with E-state index in [0.717, 1.165) is 10.8 Å². The van der Waals surface area contributed by atoms with Crippen LogP contribution >= 0.6 is 0 Å². The van der Waals surface area contributed by atoms with E-state index in [9.17, 15) is 14.3 Å². The second-order valence-electron chi connectivity index (χ2n) is 3.78. The zero-order valence-corrected chi connectivity index (χ0v) is 8.78. The van der Waals surface area contributed by atoms with Gasteiger partial charge in [0.1, 0.15) is 12.3 Å². The van der Waals surface area contributed by atoms with Gasteiger partial charge in [0.15, 0.2) is 11.6 Å². The molecule has 0 amide bonds. The van der Waals surface area contributed by atoms with Crippen LogP contribution in [0.4, 0.5) is 10.2 Å². The van der Waals surface area contributed by atoms with Crippen LogP contribution in [-0.2, 0) is 4.74 Å². The number of nitrogens with two attached hydrogens (primary N) is 1. The number of halogens is 1. The zero-order chi connectivity index (χ0) is 12.6. The molecule has 94 valence electrons. The van der Waals surface area contributed by atoms with Crippen molar-refractivity contribution in [3.63, 3.8) is 0 Å². The van der Waals surface area contributed by atoms with Crippen molar-refractivity contribution in [2.75, 3.05) is 12.3 Å². The Morgan fingerprint density at radius 2 is 2.41 bits per heavy atom. The van der Waals surface area contributed by atoms with Gasteiger partial charge in [-0.2, -0.15) is 4.98 Å². The highest BCUT2D eigenvalue weighted by Crippen LogP contribution is 2.27. The fourth-order valence-corrected chi connectivity index (χ4v) is 1.71. The minimum Gasteiger partial charge on any atom is -0.394 e. The van der Waals surface area contributed by atoms with Crippen LogP contribution in [0.15, 0.2) is 11.0 Å². The molecule has 0 aliphatic carbocycles. The first kappa shape index (κ1) is 12.0. The molecule has 1 aliphatic heterocycles. The maximum absolute atomic E-state index is 13.2. The lowest BCUT2D eigenvalue weighted by Gasteiger charge is -2.14. The van der Waals surface area contributed by atoms with Gasteiger partial charge in [0.2, 0.25) is 0 Å². The summed E-state index contributed by atoms with van der Waals surface area (Å²) < 4.78 is 19.3. The van der Waals surface area contributed by atoms with Gasteiger partial charge in [-0.15, -0.1) is 0 Å². The van der Waals surface area contributed by atoms with Crippen molar-refractivity contribution in [2.24, 2.45) is 0 Å². The average molecular weight is 245 g/mol. The van der Waals surface area contributed by atoms with Gasteiger partial charge in [0.25, 0.3) is 0 Å². The van der Waals surface area contributed by atoms with E-state index in [1.165, 1.54) is 0 Å². The summed E-state index contributed by atoms with van der Waals surface area (Å²) in [6.45, 7) is -0.378. The molecule has 0 radical (unpaired) electrons. The van der Waals surface area contributed by atoms with E-state index in [4.69, 9.17) is 15.6 Å². The number of nitrogens with zero attached hydrogens (tertiary/aromatic N) is 2. The van der Waals surface area contributed by atoms with E-state index in [1.807, 2.05) is 0 Å². The van der Waals surface area contributed by atoms with Crippen LogP contribution in [-0.4, -0.2) is 38.6 Å². The SMILES string of the molecule is Nc1nc(=O)n([C@@H]2CC(O)[C@H](CO)O2)cc1F. The van der Waals surface area contributed by atoms with E-state index >= 15 is 0 Å². The monoisotopic (exact) mass is 245 g/mol. The molecule has 0 spiro atoms. The van der Waals surface area contributed by atoms with E-state index in [1.54, 1.807) is 0 Å². The van der Waals surface area contributed by atoms with Crippen LogP contribution in [0.2, 0.25) is 0 Å². The minimum atomic E-state index is -0.905. The van der Waals surface area contributed by atoms with Crippen molar-refractivity contribution < 1.29 is 19.3 Å². The van der Waals surface area contributed by atoms with Crippen LogP contribution in [0.1, 0.15) is 12.6 Å². The highest BCUT2D eigenvalue weighted by atomic mass is 19.1. The molecule has 0 saturated carbocycles. The summed E-state index contributed by atoms with van der Waals surface area (Å²) in [7, 11) is 0. The molecule has 1 aromatic rings. The Morgan fingerprint density at radius 1 is 1.71 bits per heavy atom. The first-order chi connectivity index (χ1) is 8.02. The Morgan fingerprint density at radius 3 is 3.00 bits per heavy atom. The number of aromatic nitrogens is 2. The van der Waals surface area contributed by atoms with Crippen LogP contribution in [0.3, 0.4) is 0 Å². The molecule has 1 unspecified atom stereocenters. The topological polar surface area (TPSA) is 111 Å². The molecule has 1 fully saturated rings. The number of hydrogen-bond acceptors (Lipinski definition) is 6. The van der Waals surface area contributed by atoms with Gasteiger partial charge >= 0.3 is 5.69 Å². The standard InChI is InChI=1S/C9H12FN3O4/c10-4-2-13(9(16)12-8(4)11)7-1-5(15)6(3-14)17-7/h2,5-7,14-15H,1,3H2,(H2,11,12,16)/t5?,6-,7-/m0/s1. The van der Waals surface area contributed by atoms with Gasteiger partial charge in [-0.1, -0.05) is 0 Å². The second kappa shape index (κ2) is 4.40. The lowest BCUT2D eigenvalue weighted by Crippen LogP contribution is -2.29. The van der Waals surface area contributed by atoms with Crippen molar-refractivity contribution in [1.82, 2.24) is 9.55 Å². The molecule has 0 aromatic carbocycles. The van der Waals surface area contributed by atoms with Crippen molar-refractivity contribution in [3.8, 4) is 0 Å². The molecule has 7 nitrogen and oxygen atoms in total. The van der Waals surface area contributed by atoms with Gasteiger partial charge in [0.05, 0.1) is 18.9 Å². The van der Waals surface area contributed by atoms with Gasteiger partial charge in [-0.25, -0.2) is 9.18 Å². The van der Waals surface area contributed by atoms with E-state index in [0.29, 0.717) is 0 Å². The third-order valence-corrected chi connectivity index (χ3v) is 2.63. The molecule has 2 heterocycles.